The zero-order chi connectivity index (χ0) is 14.5. The second-order valence-electron chi connectivity index (χ2n) is 5.25. The van der Waals surface area contributed by atoms with Gasteiger partial charge in [-0.3, -0.25) is 0 Å². The van der Waals surface area contributed by atoms with Crippen LogP contribution in [0.5, 0.6) is 0 Å². The molecule has 0 amide bonds. The van der Waals surface area contributed by atoms with Crippen LogP contribution in [0.2, 0.25) is 0 Å². The van der Waals surface area contributed by atoms with Crippen LogP contribution in [-0.2, 0) is 14.2 Å². The number of rotatable bonds is 13. The minimum absolute atomic E-state index is 0.0130. The van der Waals surface area contributed by atoms with Crippen molar-refractivity contribution < 1.29 is 19.3 Å². The zero-order valence-electron chi connectivity index (χ0n) is 12.9. The van der Waals surface area contributed by atoms with E-state index in [0.717, 1.165) is 19.6 Å². The molecular weight excluding hydrogens is 246 g/mol. The third-order valence-corrected chi connectivity index (χ3v) is 2.62. The number of aliphatic hydroxyl groups excluding tert-OH is 1. The lowest BCUT2D eigenvalue weighted by molar-refractivity contribution is -0.0313. The standard InChI is InChI=1S/C14H31NO4/c1-12(2)5-7-18-8-6-15-9-14(16)11-19-13(3)10-17-4/h12-16H,5-11H2,1-4H3. The van der Waals surface area contributed by atoms with Crippen molar-refractivity contribution in [2.24, 2.45) is 5.92 Å². The van der Waals surface area contributed by atoms with Crippen LogP contribution in [0.1, 0.15) is 27.2 Å². The molecule has 0 aromatic carbocycles. The molecule has 0 aliphatic rings. The summed E-state index contributed by atoms with van der Waals surface area (Å²) in [5.74, 6) is 0.682. The number of methoxy groups -OCH3 is 1. The Morgan fingerprint density at radius 1 is 1.11 bits per heavy atom. The Labute approximate surface area is 117 Å². The predicted octanol–water partition coefficient (Wildman–Crippen LogP) is 1.05. The van der Waals surface area contributed by atoms with Gasteiger partial charge in [-0.15, -0.1) is 0 Å². The summed E-state index contributed by atoms with van der Waals surface area (Å²) in [4.78, 5) is 0. The van der Waals surface area contributed by atoms with E-state index in [1.165, 1.54) is 0 Å². The number of nitrogens with one attached hydrogen (secondary N) is 1. The lowest BCUT2D eigenvalue weighted by Crippen LogP contribution is -2.34. The molecule has 116 valence electrons. The van der Waals surface area contributed by atoms with Crippen molar-refractivity contribution in [1.82, 2.24) is 5.32 Å². The van der Waals surface area contributed by atoms with Gasteiger partial charge in [-0.2, -0.15) is 0 Å². The van der Waals surface area contributed by atoms with E-state index in [1.54, 1.807) is 7.11 Å². The first-order valence-corrected chi connectivity index (χ1v) is 7.13. The van der Waals surface area contributed by atoms with E-state index in [2.05, 4.69) is 19.2 Å². The Balaban J connectivity index is 3.26. The Bertz CT molecular complexity index is 190. The maximum atomic E-state index is 9.67. The van der Waals surface area contributed by atoms with E-state index in [-0.39, 0.29) is 6.10 Å². The summed E-state index contributed by atoms with van der Waals surface area (Å²) < 4.78 is 15.8. The van der Waals surface area contributed by atoms with Gasteiger partial charge in [-0.05, 0) is 19.3 Å². The van der Waals surface area contributed by atoms with Crippen molar-refractivity contribution in [2.45, 2.75) is 39.4 Å². The first-order valence-electron chi connectivity index (χ1n) is 7.13. The van der Waals surface area contributed by atoms with E-state index in [9.17, 15) is 5.11 Å². The number of ether oxygens (including phenoxy) is 3. The van der Waals surface area contributed by atoms with Crippen molar-refractivity contribution in [1.29, 1.82) is 0 Å². The zero-order valence-corrected chi connectivity index (χ0v) is 12.9. The molecule has 19 heavy (non-hydrogen) atoms. The van der Waals surface area contributed by atoms with Gasteiger partial charge in [-0.1, -0.05) is 13.8 Å². The highest BCUT2D eigenvalue weighted by Crippen LogP contribution is 1.98. The van der Waals surface area contributed by atoms with Crippen LogP contribution in [0, 0.1) is 5.92 Å². The number of hydrogen-bond acceptors (Lipinski definition) is 5. The van der Waals surface area contributed by atoms with Crippen LogP contribution in [-0.4, -0.2) is 63.9 Å². The van der Waals surface area contributed by atoms with Crippen LogP contribution in [0.3, 0.4) is 0 Å². The van der Waals surface area contributed by atoms with Gasteiger partial charge in [0.15, 0.2) is 0 Å². The van der Waals surface area contributed by atoms with E-state index < -0.39 is 6.10 Å². The minimum Gasteiger partial charge on any atom is -0.389 e. The van der Waals surface area contributed by atoms with Gasteiger partial charge in [0.25, 0.3) is 0 Å². The van der Waals surface area contributed by atoms with Crippen LogP contribution in [0.15, 0.2) is 0 Å². The maximum absolute atomic E-state index is 9.67. The molecule has 2 N–H and O–H groups in total. The van der Waals surface area contributed by atoms with E-state index in [1.807, 2.05) is 6.92 Å². The van der Waals surface area contributed by atoms with Crippen LogP contribution in [0.25, 0.3) is 0 Å². The Kier molecular flexibility index (Phi) is 12.7. The summed E-state index contributed by atoms with van der Waals surface area (Å²) >= 11 is 0. The van der Waals surface area contributed by atoms with Crippen molar-refractivity contribution >= 4 is 0 Å². The molecule has 0 fully saturated rings. The van der Waals surface area contributed by atoms with Gasteiger partial charge < -0.3 is 24.6 Å². The molecule has 2 unspecified atom stereocenters. The summed E-state index contributed by atoms with van der Waals surface area (Å²) in [6.07, 6.45) is 0.613. The summed E-state index contributed by atoms with van der Waals surface area (Å²) in [7, 11) is 1.64. The van der Waals surface area contributed by atoms with Gasteiger partial charge in [0.05, 0.1) is 32.0 Å². The molecule has 0 radical (unpaired) electrons. The Hall–Kier alpha value is -0.200. The van der Waals surface area contributed by atoms with E-state index in [0.29, 0.717) is 32.3 Å². The molecule has 0 rings (SSSR count). The van der Waals surface area contributed by atoms with Crippen molar-refractivity contribution in [3.8, 4) is 0 Å². The molecule has 0 heterocycles. The third-order valence-electron chi connectivity index (χ3n) is 2.62. The molecule has 0 aliphatic carbocycles. The molecule has 0 aliphatic heterocycles. The summed E-state index contributed by atoms with van der Waals surface area (Å²) in [5.41, 5.74) is 0. The van der Waals surface area contributed by atoms with Crippen molar-refractivity contribution in [2.75, 3.05) is 46.6 Å². The fraction of sp³-hybridized carbons (Fsp3) is 1.00. The molecule has 2 atom stereocenters. The molecule has 0 saturated carbocycles. The predicted molar refractivity (Wildman–Crippen MR) is 76.4 cm³/mol. The number of aliphatic hydroxyl groups is 1. The Morgan fingerprint density at radius 2 is 1.84 bits per heavy atom. The lowest BCUT2D eigenvalue weighted by Gasteiger charge is -2.16. The quantitative estimate of drug-likeness (QED) is 0.493. The highest BCUT2D eigenvalue weighted by Gasteiger charge is 2.07. The molecule has 0 aromatic heterocycles. The van der Waals surface area contributed by atoms with Crippen LogP contribution < -0.4 is 5.32 Å². The highest BCUT2D eigenvalue weighted by atomic mass is 16.5. The molecule has 5 heteroatoms. The van der Waals surface area contributed by atoms with Crippen molar-refractivity contribution in [3.05, 3.63) is 0 Å². The average molecular weight is 277 g/mol. The van der Waals surface area contributed by atoms with Gasteiger partial charge in [0.2, 0.25) is 0 Å². The molecule has 0 saturated heterocycles. The lowest BCUT2D eigenvalue weighted by atomic mass is 10.1. The van der Waals surface area contributed by atoms with E-state index >= 15 is 0 Å². The summed E-state index contributed by atoms with van der Waals surface area (Å²) in [6.45, 7) is 9.92. The monoisotopic (exact) mass is 277 g/mol. The highest BCUT2D eigenvalue weighted by molar-refractivity contribution is 4.59. The smallest absolute Gasteiger partial charge is 0.0897 e. The third kappa shape index (κ3) is 14.0. The minimum atomic E-state index is -0.491. The second kappa shape index (κ2) is 12.8. The second-order valence-corrected chi connectivity index (χ2v) is 5.25. The molecule has 0 spiro atoms. The normalized spacial score (nSPS) is 14.8. The topological polar surface area (TPSA) is 60.0 Å². The summed E-state index contributed by atoms with van der Waals surface area (Å²) in [6, 6.07) is 0. The Morgan fingerprint density at radius 3 is 2.47 bits per heavy atom. The van der Waals surface area contributed by atoms with Gasteiger partial charge in [-0.25, -0.2) is 0 Å². The fourth-order valence-corrected chi connectivity index (χ4v) is 1.45. The molecule has 5 nitrogen and oxygen atoms in total. The van der Waals surface area contributed by atoms with Gasteiger partial charge in [0, 0.05) is 26.8 Å². The molecule has 0 aromatic rings. The van der Waals surface area contributed by atoms with E-state index in [4.69, 9.17) is 14.2 Å². The average Bonchev–Trinajstić information content (AvgIpc) is 2.35. The molecule has 0 bridgehead atoms. The number of hydrogen-bond donors (Lipinski definition) is 2. The van der Waals surface area contributed by atoms with Crippen molar-refractivity contribution in [3.63, 3.8) is 0 Å². The SMILES string of the molecule is COCC(C)OCC(O)CNCCOCCC(C)C. The van der Waals surface area contributed by atoms with Gasteiger partial charge >= 0.3 is 0 Å². The largest absolute Gasteiger partial charge is 0.389 e. The fourth-order valence-electron chi connectivity index (χ4n) is 1.45. The maximum Gasteiger partial charge on any atom is 0.0897 e. The molecular formula is C14H31NO4. The first-order chi connectivity index (χ1) is 9.06. The van der Waals surface area contributed by atoms with Gasteiger partial charge in [0.1, 0.15) is 0 Å². The first kappa shape index (κ1) is 18.8. The summed E-state index contributed by atoms with van der Waals surface area (Å²) in [5, 5.41) is 12.8. The van der Waals surface area contributed by atoms with Crippen LogP contribution >= 0.6 is 0 Å². The van der Waals surface area contributed by atoms with Crippen LogP contribution in [0.4, 0.5) is 0 Å².